The lowest BCUT2D eigenvalue weighted by Crippen LogP contribution is -2.67. The lowest BCUT2D eigenvalue weighted by molar-refractivity contribution is -0.147. The van der Waals surface area contributed by atoms with Crippen LogP contribution >= 0.6 is 11.8 Å². The van der Waals surface area contributed by atoms with Gasteiger partial charge in [0, 0.05) is 11.3 Å². The summed E-state index contributed by atoms with van der Waals surface area (Å²) >= 11 is 1.77. The van der Waals surface area contributed by atoms with E-state index in [-0.39, 0.29) is 28.0 Å². The van der Waals surface area contributed by atoms with Crippen molar-refractivity contribution in [2.45, 2.75) is 36.4 Å². The highest BCUT2D eigenvalue weighted by Crippen LogP contribution is 2.46. The highest BCUT2D eigenvalue weighted by Gasteiger charge is 2.56. The maximum Gasteiger partial charge on any atom is 0.292 e. The van der Waals surface area contributed by atoms with E-state index in [9.17, 15) is 9.59 Å². The summed E-state index contributed by atoms with van der Waals surface area (Å²) in [6, 6.07) is 9.23. The third-order valence-corrected chi connectivity index (χ3v) is 5.29. The van der Waals surface area contributed by atoms with Crippen molar-refractivity contribution in [1.82, 2.24) is 10.2 Å². The Kier molecular flexibility index (Phi) is 5.88. The highest BCUT2D eigenvalue weighted by atomic mass is 32.2. The van der Waals surface area contributed by atoms with Crippen LogP contribution in [0.1, 0.15) is 19.4 Å². The number of hydrogen-bond acceptors (Lipinski definition) is 5. The monoisotopic (exact) mass is 350 g/mol. The molecule has 0 spiro atoms. The first-order chi connectivity index (χ1) is 11.4. The number of nitrogens with zero attached hydrogens (tertiary/aromatic N) is 1. The average Bonchev–Trinajstić information content (AvgIpc) is 2.86. The molecule has 0 aliphatic carbocycles. The number of nitrogens with one attached hydrogen (secondary N) is 1. The van der Waals surface area contributed by atoms with Crippen molar-refractivity contribution in [3.63, 3.8) is 0 Å². The van der Waals surface area contributed by atoms with Crippen molar-refractivity contribution >= 4 is 30.0 Å². The lowest BCUT2D eigenvalue weighted by Gasteiger charge is -2.41. The van der Waals surface area contributed by atoms with Gasteiger partial charge in [-0.25, -0.2) is 0 Å². The molecular weight excluding hydrogens is 328 g/mol. The molecule has 0 aromatic heterocycles. The number of rotatable bonds is 4. The van der Waals surface area contributed by atoms with Crippen LogP contribution in [0.15, 0.2) is 30.3 Å². The summed E-state index contributed by atoms with van der Waals surface area (Å²) in [4.78, 5) is 34.8. The number of methoxy groups -OCH3 is 1. The molecule has 24 heavy (non-hydrogen) atoms. The summed E-state index contributed by atoms with van der Waals surface area (Å²) in [5.41, 5.74) is 0.966. The minimum Gasteiger partial charge on any atom is -0.471 e. The second-order valence-corrected chi connectivity index (χ2v) is 8.10. The van der Waals surface area contributed by atoms with Gasteiger partial charge in [-0.15, -0.1) is 11.8 Å². The van der Waals surface area contributed by atoms with E-state index in [2.05, 4.69) is 23.9 Å². The molecule has 7 heteroatoms. The van der Waals surface area contributed by atoms with E-state index < -0.39 is 0 Å². The number of ether oxygens (including phenoxy) is 1. The van der Waals surface area contributed by atoms with Crippen LogP contribution in [0, 0.1) is 0 Å². The first kappa shape index (κ1) is 18.3. The van der Waals surface area contributed by atoms with Crippen LogP contribution in [0.4, 0.5) is 0 Å². The second kappa shape index (κ2) is 7.70. The summed E-state index contributed by atoms with van der Waals surface area (Å²) in [6.07, 6.45) is 0.325. The zero-order valence-electron chi connectivity index (χ0n) is 14.0. The molecule has 2 amide bonds. The van der Waals surface area contributed by atoms with E-state index >= 15 is 0 Å². The molecule has 2 saturated heterocycles. The van der Waals surface area contributed by atoms with Gasteiger partial charge >= 0.3 is 0 Å². The predicted molar refractivity (Wildman–Crippen MR) is 92.3 cm³/mol. The number of benzene rings is 1. The molecule has 2 aliphatic rings. The molecule has 2 aliphatic heterocycles. The Bertz CT molecular complexity index is 606. The van der Waals surface area contributed by atoms with Crippen molar-refractivity contribution in [3.8, 4) is 0 Å². The molecule has 2 unspecified atom stereocenters. The van der Waals surface area contributed by atoms with E-state index in [1.54, 1.807) is 11.8 Å². The Morgan fingerprint density at radius 2 is 2.04 bits per heavy atom. The van der Waals surface area contributed by atoms with Crippen molar-refractivity contribution in [2.24, 2.45) is 0 Å². The Morgan fingerprint density at radius 1 is 1.42 bits per heavy atom. The molecule has 2 heterocycles. The third kappa shape index (κ3) is 4.29. The van der Waals surface area contributed by atoms with Crippen molar-refractivity contribution in [1.29, 1.82) is 0 Å². The Hall–Kier alpha value is -2.02. The second-order valence-electron chi connectivity index (χ2n) is 6.27. The lowest BCUT2D eigenvalue weighted by atomic mass is 10.0. The SMILES string of the molecule is CC1(C)CN2C(=O)C(NC(=O)Cc3ccccc3)C2S1.COC=O. The molecule has 0 bridgehead atoms. The predicted octanol–water partition coefficient (Wildman–Crippen LogP) is 1.20. The Balaban J connectivity index is 0.000000471. The summed E-state index contributed by atoms with van der Waals surface area (Å²) < 4.78 is 3.94. The number of β-lactam (4-membered cyclic amide) rings is 1. The van der Waals surface area contributed by atoms with Crippen LogP contribution in [0.3, 0.4) is 0 Å². The molecule has 2 atom stereocenters. The van der Waals surface area contributed by atoms with Crippen molar-refractivity contribution in [3.05, 3.63) is 35.9 Å². The van der Waals surface area contributed by atoms with Gasteiger partial charge in [-0.2, -0.15) is 0 Å². The fourth-order valence-electron chi connectivity index (χ4n) is 2.74. The van der Waals surface area contributed by atoms with Gasteiger partial charge < -0.3 is 15.0 Å². The number of thioether (sulfide) groups is 1. The fraction of sp³-hybridized carbons (Fsp3) is 0.471. The number of carbonyl (C=O) groups excluding carboxylic acids is 3. The number of fused-ring (bicyclic) bond motifs is 1. The van der Waals surface area contributed by atoms with Crippen LogP contribution in [-0.2, 0) is 25.5 Å². The zero-order valence-corrected chi connectivity index (χ0v) is 14.8. The summed E-state index contributed by atoms with van der Waals surface area (Å²) in [6.45, 7) is 5.41. The number of carbonyl (C=O) groups is 3. The normalized spacial score (nSPS) is 23.3. The first-order valence-corrected chi connectivity index (χ1v) is 8.54. The van der Waals surface area contributed by atoms with E-state index in [0.717, 1.165) is 12.1 Å². The molecular formula is C17H22N2O4S. The van der Waals surface area contributed by atoms with Crippen LogP contribution in [0.5, 0.6) is 0 Å². The Morgan fingerprint density at radius 3 is 2.62 bits per heavy atom. The van der Waals surface area contributed by atoms with Gasteiger partial charge in [0.15, 0.2) is 0 Å². The van der Waals surface area contributed by atoms with Gasteiger partial charge in [0.1, 0.15) is 11.4 Å². The van der Waals surface area contributed by atoms with Gasteiger partial charge in [0.05, 0.1) is 13.5 Å². The molecule has 0 radical (unpaired) electrons. The molecule has 3 rings (SSSR count). The average molecular weight is 350 g/mol. The summed E-state index contributed by atoms with van der Waals surface area (Å²) in [7, 11) is 1.31. The molecule has 1 aromatic carbocycles. The molecule has 1 aromatic rings. The molecule has 2 fully saturated rings. The third-order valence-electron chi connectivity index (χ3n) is 3.75. The van der Waals surface area contributed by atoms with Crippen molar-refractivity contribution in [2.75, 3.05) is 13.7 Å². The number of hydrogen-bond donors (Lipinski definition) is 1. The quantitative estimate of drug-likeness (QED) is 0.652. The molecule has 1 N–H and O–H groups in total. The smallest absolute Gasteiger partial charge is 0.292 e. The fourth-order valence-corrected chi connectivity index (χ4v) is 4.23. The van der Waals surface area contributed by atoms with Gasteiger partial charge in [-0.05, 0) is 19.4 Å². The van der Waals surface area contributed by atoms with Gasteiger partial charge in [0.25, 0.3) is 6.47 Å². The maximum absolute atomic E-state index is 12.0. The topological polar surface area (TPSA) is 75.7 Å². The van der Waals surface area contributed by atoms with E-state index in [0.29, 0.717) is 12.9 Å². The summed E-state index contributed by atoms with van der Waals surface area (Å²) in [5, 5.41) is 2.98. The standard InChI is InChI=1S/C15H18N2O2S.C2H4O2/c1-15(2)9-17-13(19)12(14(17)20-15)16-11(18)8-10-6-4-3-5-7-10;1-4-2-3/h3-7,12,14H,8-9H2,1-2H3,(H,16,18);2H,1H3. The summed E-state index contributed by atoms with van der Waals surface area (Å²) in [5.74, 6) is -0.0333. The Labute approximate surface area is 145 Å². The van der Waals surface area contributed by atoms with Crippen molar-refractivity contribution < 1.29 is 19.1 Å². The van der Waals surface area contributed by atoms with Crippen LogP contribution in [0.2, 0.25) is 0 Å². The minimum atomic E-state index is -0.349. The van der Waals surface area contributed by atoms with Crippen LogP contribution in [-0.4, -0.2) is 53.0 Å². The van der Waals surface area contributed by atoms with E-state index in [4.69, 9.17) is 4.79 Å². The van der Waals surface area contributed by atoms with Crippen LogP contribution in [0.25, 0.3) is 0 Å². The maximum atomic E-state index is 12.0. The molecule has 130 valence electrons. The van der Waals surface area contributed by atoms with E-state index in [1.807, 2.05) is 35.2 Å². The van der Waals surface area contributed by atoms with Gasteiger partial charge in [-0.3, -0.25) is 14.4 Å². The number of amides is 2. The zero-order chi connectivity index (χ0) is 17.7. The van der Waals surface area contributed by atoms with E-state index in [1.165, 1.54) is 7.11 Å². The molecule has 0 saturated carbocycles. The first-order valence-electron chi connectivity index (χ1n) is 7.66. The van der Waals surface area contributed by atoms with Gasteiger partial charge in [-0.1, -0.05) is 30.3 Å². The van der Waals surface area contributed by atoms with Gasteiger partial charge in [0.2, 0.25) is 11.8 Å². The minimum absolute atomic E-state index is 0.0505. The highest BCUT2D eigenvalue weighted by molar-refractivity contribution is 8.01. The molecule has 6 nitrogen and oxygen atoms in total. The largest absolute Gasteiger partial charge is 0.471 e. The van der Waals surface area contributed by atoms with Crippen LogP contribution < -0.4 is 5.32 Å².